The number of aromatic amines is 1. The van der Waals surface area contributed by atoms with Crippen LogP contribution in [0.5, 0.6) is 0 Å². The van der Waals surface area contributed by atoms with Crippen LogP contribution in [0.15, 0.2) is 24.3 Å². The first-order chi connectivity index (χ1) is 9.58. The molecule has 0 atom stereocenters. The zero-order valence-electron chi connectivity index (χ0n) is 10.8. The largest absolute Gasteiger partial charge is 0.465 e. The average molecular weight is 271 g/mol. The molecular formula is C14H13N3O3. The molecule has 1 amide bonds. The maximum absolute atomic E-state index is 11.5. The van der Waals surface area contributed by atoms with Crippen molar-refractivity contribution in [2.45, 2.75) is 6.42 Å². The number of rotatable bonds is 2. The van der Waals surface area contributed by atoms with Gasteiger partial charge in [-0.25, -0.2) is 4.79 Å². The smallest absolute Gasteiger partial charge is 0.341 e. The van der Waals surface area contributed by atoms with Crippen LogP contribution in [0.4, 0.5) is 11.5 Å². The molecule has 20 heavy (non-hydrogen) atoms. The Bertz CT molecular complexity index is 718. The molecule has 0 radical (unpaired) electrons. The highest BCUT2D eigenvalue weighted by Gasteiger charge is 2.19. The van der Waals surface area contributed by atoms with Crippen LogP contribution in [-0.2, 0) is 16.0 Å². The topological polar surface area (TPSA) is 97.2 Å². The van der Waals surface area contributed by atoms with Crippen LogP contribution in [0.2, 0.25) is 0 Å². The summed E-state index contributed by atoms with van der Waals surface area (Å²) in [6.45, 7) is 0. The Morgan fingerprint density at radius 1 is 1.35 bits per heavy atom. The SMILES string of the molecule is COC(=O)c1cc(-c2ccc3c(c2)CC(=O)N3)[nH]c1N. The number of carbonyl (C=O) groups is 2. The number of aromatic nitrogens is 1. The maximum Gasteiger partial charge on any atom is 0.341 e. The van der Waals surface area contributed by atoms with Gasteiger partial charge in [0.1, 0.15) is 11.4 Å². The van der Waals surface area contributed by atoms with Gasteiger partial charge in [0.05, 0.1) is 13.5 Å². The summed E-state index contributed by atoms with van der Waals surface area (Å²) in [4.78, 5) is 25.8. The predicted octanol–water partition coefficient (Wildman–Crippen LogP) is 1.55. The molecule has 0 bridgehead atoms. The lowest BCUT2D eigenvalue weighted by Gasteiger charge is -2.02. The zero-order chi connectivity index (χ0) is 14.3. The molecule has 1 aliphatic heterocycles. The Kier molecular flexibility index (Phi) is 2.71. The van der Waals surface area contributed by atoms with Gasteiger partial charge in [-0.05, 0) is 29.3 Å². The lowest BCUT2D eigenvalue weighted by Crippen LogP contribution is -2.03. The van der Waals surface area contributed by atoms with Crippen molar-refractivity contribution in [3.63, 3.8) is 0 Å². The van der Waals surface area contributed by atoms with Crippen molar-refractivity contribution in [2.75, 3.05) is 18.2 Å². The van der Waals surface area contributed by atoms with E-state index in [-0.39, 0.29) is 11.7 Å². The number of H-pyrrole nitrogens is 1. The normalized spacial score (nSPS) is 12.9. The molecular weight excluding hydrogens is 258 g/mol. The van der Waals surface area contributed by atoms with E-state index in [1.807, 2.05) is 18.2 Å². The summed E-state index contributed by atoms with van der Waals surface area (Å²) in [5, 5.41) is 2.77. The molecule has 0 fully saturated rings. The first kappa shape index (κ1) is 12.3. The number of nitrogens with one attached hydrogen (secondary N) is 2. The van der Waals surface area contributed by atoms with E-state index >= 15 is 0 Å². The molecule has 1 aromatic heterocycles. The number of hydrogen-bond acceptors (Lipinski definition) is 4. The number of anilines is 2. The molecule has 0 saturated carbocycles. The summed E-state index contributed by atoms with van der Waals surface area (Å²) in [5.74, 6) is -0.233. The third kappa shape index (κ3) is 1.91. The third-order valence-corrected chi connectivity index (χ3v) is 3.29. The van der Waals surface area contributed by atoms with E-state index in [1.165, 1.54) is 7.11 Å². The molecule has 102 valence electrons. The van der Waals surface area contributed by atoms with Crippen molar-refractivity contribution >= 4 is 23.4 Å². The summed E-state index contributed by atoms with van der Waals surface area (Å²) in [5.41, 5.74) is 9.40. The number of benzene rings is 1. The molecule has 2 aromatic rings. The van der Waals surface area contributed by atoms with Crippen LogP contribution in [0, 0.1) is 0 Å². The van der Waals surface area contributed by atoms with E-state index < -0.39 is 5.97 Å². The number of hydrogen-bond donors (Lipinski definition) is 3. The highest BCUT2D eigenvalue weighted by Crippen LogP contribution is 2.30. The van der Waals surface area contributed by atoms with Crippen LogP contribution < -0.4 is 11.1 Å². The summed E-state index contributed by atoms with van der Waals surface area (Å²) in [6, 6.07) is 7.24. The average Bonchev–Trinajstić information content (AvgIpc) is 2.98. The fourth-order valence-corrected chi connectivity index (χ4v) is 2.30. The fraction of sp³-hybridized carbons (Fsp3) is 0.143. The molecule has 2 heterocycles. The van der Waals surface area contributed by atoms with Crippen LogP contribution in [0.25, 0.3) is 11.3 Å². The van der Waals surface area contributed by atoms with Crippen molar-refractivity contribution in [1.82, 2.24) is 4.98 Å². The van der Waals surface area contributed by atoms with Gasteiger partial charge in [-0.15, -0.1) is 0 Å². The van der Waals surface area contributed by atoms with Gasteiger partial charge < -0.3 is 20.8 Å². The van der Waals surface area contributed by atoms with Crippen LogP contribution in [0.1, 0.15) is 15.9 Å². The Morgan fingerprint density at radius 2 is 2.15 bits per heavy atom. The van der Waals surface area contributed by atoms with Crippen LogP contribution in [-0.4, -0.2) is 24.0 Å². The first-order valence-electron chi connectivity index (χ1n) is 6.08. The highest BCUT2D eigenvalue weighted by atomic mass is 16.5. The van der Waals surface area contributed by atoms with Crippen molar-refractivity contribution in [1.29, 1.82) is 0 Å². The van der Waals surface area contributed by atoms with Gasteiger partial charge in [0.2, 0.25) is 5.91 Å². The molecule has 3 rings (SSSR count). The van der Waals surface area contributed by atoms with Crippen molar-refractivity contribution < 1.29 is 14.3 Å². The van der Waals surface area contributed by atoms with E-state index in [2.05, 4.69) is 15.0 Å². The summed E-state index contributed by atoms with van der Waals surface area (Å²) >= 11 is 0. The van der Waals surface area contributed by atoms with Gasteiger partial charge in [0.15, 0.2) is 0 Å². The van der Waals surface area contributed by atoms with Crippen molar-refractivity contribution in [3.8, 4) is 11.3 Å². The molecule has 1 aliphatic rings. The van der Waals surface area contributed by atoms with E-state index in [0.717, 1.165) is 16.8 Å². The van der Waals surface area contributed by atoms with E-state index in [1.54, 1.807) is 6.07 Å². The van der Waals surface area contributed by atoms with Crippen molar-refractivity contribution in [3.05, 3.63) is 35.4 Å². The molecule has 6 heteroatoms. The second-order valence-corrected chi connectivity index (χ2v) is 4.60. The minimum atomic E-state index is -0.483. The standard InChI is InChI=1S/C14H13N3O3/c1-20-14(19)9-6-11(17-13(9)15)7-2-3-10-8(4-7)5-12(18)16-10/h2-4,6,17H,5,15H2,1H3,(H,16,18). The number of carbonyl (C=O) groups excluding carboxylic acids is 2. The minimum absolute atomic E-state index is 0.0154. The number of amides is 1. The number of esters is 1. The lowest BCUT2D eigenvalue weighted by molar-refractivity contribution is -0.115. The summed E-state index contributed by atoms with van der Waals surface area (Å²) < 4.78 is 4.66. The number of ether oxygens (including phenoxy) is 1. The quantitative estimate of drug-likeness (QED) is 0.722. The minimum Gasteiger partial charge on any atom is -0.465 e. The number of nitrogens with two attached hydrogens (primary N) is 1. The Balaban J connectivity index is 2.00. The van der Waals surface area contributed by atoms with E-state index in [0.29, 0.717) is 17.7 Å². The van der Waals surface area contributed by atoms with E-state index in [9.17, 15) is 9.59 Å². The van der Waals surface area contributed by atoms with Gasteiger partial charge >= 0.3 is 5.97 Å². The molecule has 0 unspecified atom stereocenters. The number of nitrogen functional groups attached to an aromatic ring is 1. The second-order valence-electron chi connectivity index (χ2n) is 4.60. The predicted molar refractivity (Wildman–Crippen MR) is 74.3 cm³/mol. The monoisotopic (exact) mass is 271 g/mol. The second kappa shape index (κ2) is 4.41. The molecule has 0 spiro atoms. The van der Waals surface area contributed by atoms with Gasteiger partial charge in [-0.3, -0.25) is 4.79 Å². The zero-order valence-corrected chi connectivity index (χ0v) is 10.8. The number of fused-ring (bicyclic) bond motifs is 1. The molecule has 6 nitrogen and oxygen atoms in total. The number of methoxy groups -OCH3 is 1. The highest BCUT2D eigenvalue weighted by molar-refractivity contribution is 6.00. The summed E-state index contributed by atoms with van der Waals surface area (Å²) in [6.07, 6.45) is 0.364. The fourth-order valence-electron chi connectivity index (χ4n) is 2.30. The Labute approximate surface area is 114 Å². The van der Waals surface area contributed by atoms with Gasteiger partial charge in [0.25, 0.3) is 0 Å². The maximum atomic E-state index is 11.5. The first-order valence-corrected chi connectivity index (χ1v) is 6.08. The van der Waals surface area contributed by atoms with Gasteiger partial charge in [-0.2, -0.15) is 0 Å². The van der Waals surface area contributed by atoms with Gasteiger partial charge in [-0.1, -0.05) is 6.07 Å². The van der Waals surface area contributed by atoms with Crippen molar-refractivity contribution in [2.24, 2.45) is 0 Å². The molecule has 1 aromatic carbocycles. The Morgan fingerprint density at radius 3 is 2.90 bits per heavy atom. The van der Waals surface area contributed by atoms with Crippen LogP contribution in [0.3, 0.4) is 0 Å². The van der Waals surface area contributed by atoms with Crippen LogP contribution >= 0.6 is 0 Å². The molecule has 4 N–H and O–H groups in total. The molecule has 0 aliphatic carbocycles. The summed E-state index contributed by atoms with van der Waals surface area (Å²) in [7, 11) is 1.31. The van der Waals surface area contributed by atoms with Gasteiger partial charge in [0, 0.05) is 11.4 Å². The molecule has 0 saturated heterocycles. The van der Waals surface area contributed by atoms with E-state index in [4.69, 9.17) is 5.73 Å². The lowest BCUT2D eigenvalue weighted by atomic mass is 10.1. The third-order valence-electron chi connectivity index (χ3n) is 3.29. The Hall–Kier alpha value is -2.76.